The molecule has 1 aliphatic carbocycles. The summed E-state index contributed by atoms with van der Waals surface area (Å²) in [6.07, 6.45) is 1.10. The monoisotopic (exact) mass is 360 g/mol. The number of ether oxygens (including phenoxy) is 1. The van der Waals surface area contributed by atoms with Gasteiger partial charge in [-0.05, 0) is 42.3 Å². The standard InChI is InChI=1S/C19H15F3N2O2/c1-26-10-2-5-15-13(8-10)12-6-9(7-16(12)24-15)23-19(25)11-3-4-14(20)18(22)17(11)21/h2-5,8-9,24H,6-7H2,1H3,(H,23,25). The largest absolute Gasteiger partial charge is 0.497 e. The first kappa shape index (κ1) is 16.5. The van der Waals surface area contributed by atoms with Gasteiger partial charge in [0.15, 0.2) is 17.5 Å². The Hall–Kier alpha value is -2.96. The molecule has 0 saturated heterocycles. The number of nitrogens with one attached hydrogen (secondary N) is 2. The molecule has 1 aromatic heterocycles. The van der Waals surface area contributed by atoms with Crippen molar-refractivity contribution in [3.8, 4) is 5.75 Å². The Morgan fingerprint density at radius 3 is 2.73 bits per heavy atom. The Balaban J connectivity index is 1.55. The molecule has 134 valence electrons. The predicted molar refractivity (Wildman–Crippen MR) is 89.8 cm³/mol. The summed E-state index contributed by atoms with van der Waals surface area (Å²) in [5, 5.41) is 3.70. The van der Waals surface area contributed by atoms with E-state index >= 15 is 0 Å². The molecule has 1 amide bonds. The highest BCUT2D eigenvalue weighted by atomic mass is 19.2. The Morgan fingerprint density at radius 1 is 1.15 bits per heavy atom. The Labute approximate surface area is 147 Å². The molecular formula is C19H15F3N2O2. The van der Waals surface area contributed by atoms with Gasteiger partial charge in [-0.2, -0.15) is 0 Å². The number of aromatic amines is 1. The molecule has 0 aliphatic heterocycles. The van der Waals surface area contributed by atoms with Gasteiger partial charge in [-0.1, -0.05) is 0 Å². The third-order valence-corrected chi connectivity index (χ3v) is 4.72. The number of rotatable bonds is 3. The molecule has 0 bridgehead atoms. The molecule has 0 spiro atoms. The first-order valence-electron chi connectivity index (χ1n) is 8.09. The number of methoxy groups -OCH3 is 1. The van der Waals surface area contributed by atoms with Gasteiger partial charge in [-0.15, -0.1) is 0 Å². The maximum atomic E-state index is 13.8. The molecule has 2 N–H and O–H groups in total. The topological polar surface area (TPSA) is 54.1 Å². The number of hydrogen-bond donors (Lipinski definition) is 2. The van der Waals surface area contributed by atoms with E-state index < -0.39 is 28.9 Å². The molecule has 0 radical (unpaired) electrons. The summed E-state index contributed by atoms with van der Waals surface area (Å²) in [6, 6.07) is 7.13. The van der Waals surface area contributed by atoms with E-state index in [0.717, 1.165) is 40.0 Å². The van der Waals surface area contributed by atoms with E-state index in [4.69, 9.17) is 4.74 Å². The number of fused-ring (bicyclic) bond motifs is 3. The van der Waals surface area contributed by atoms with E-state index in [1.54, 1.807) is 7.11 Å². The second-order valence-electron chi connectivity index (χ2n) is 6.30. The number of hydrogen-bond acceptors (Lipinski definition) is 2. The van der Waals surface area contributed by atoms with Crippen LogP contribution in [0.25, 0.3) is 10.9 Å². The number of halogens is 3. The molecule has 4 nitrogen and oxygen atoms in total. The van der Waals surface area contributed by atoms with Gasteiger partial charge in [-0.25, -0.2) is 13.2 Å². The second-order valence-corrected chi connectivity index (χ2v) is 6.30. The fourth-order valence-electron chi connectivity index (χ4n) is 3.45. The van der Waals surface area contributed by atoms with Gasteiger partial charge in [0.05, 0.1) is 12.7 Å². The van der Waals surface area contributed by atoms with Gasteiger partial charge in [0, 0.05) is 29.1 Å². The minimum Gasteiger partial charge on any atom is -0.497 e. The highest BCUT2D eigenvalue weighted by molar-refractivity contribution is 5.95. The quantitative estimate of drug-likeness (QED) is 0.703. The lowest BCUT2D eigenvalue weighted by Crippen LogP contribution is -2.36. The SMILES string of the molecule is COc1ccc2[nH]c3c(c2c1)CC(NC(=O)c1ccc(F)c(F)c1F)C3. The number of carbonyl (C=O) groups is 1. The van der Waals surface area contributed by atoms with Crippen LogP contribution < -0.4 is 10.1 Å². The minimum absolute atomic E-state index is 0.258. The molecular weight excluding hydrogens is 345 g/mol. The number of amides is 1. The summed E-state index contributed by atoms with van der Waals surface area (Å²) in [6.45, 7) is 0. The normalized spacial score (nSPS) is 15.9. The molecule has 2 aromatic carbocycles. The number of benzene rings is 2. The van der Waals surface area contributed by atoms with E-state index in [1.807, 2.05) is 18.2 Å². The summed E-state index contributed by atoms with van der Waals surface area (Å²) in [5.41, 5.74) is 2.53. The lowest BCUT2D eigenvalue weighted by atomic mass is 10.1. The van der Waals surface area contributed by atoms with Gasteiger partial charge >= 0.3 is 0 Å². The van der Waals surface area contributed by atoms with Crippen molar-refractivity contribution in [2.75, 3.05) is 7.11 Å². The molecule has 0 saturated carbocycles. The highest BCUT2D eigenvalue weighted by Crippen LogP contribution is 2.32. The second kappa shape index (κ2) is 6.09. The minimum atomic E-state index is -1.65. The predicted octanol–water partition coefficient (Wildman–Crippen LogP) is 3.49. The zero-order chi connectivity index (χ0) is 18.4. The smallest absolute Gasteiger partial charge is 0.254 e. The van der Waals surface area contributed by atoms with Crippen molar-refractivity contribution in [3.63, 3.8) is 0 Å². The van der Waals surface area contributed by atoms with Crippen molar-refractivity contribution in [2.24, 2.45) is 0 Å². The number of H-pyrrole nitrogens is 1. The van der Waals surface area contributed by atoms with Crippen molar-refractivity contribution < 1.29 is 22.7 Å². The molecule has 3 aromatic rings. The molecule has 4 rings (SSSR count). The fourth-order valence-corrected chi connectivity index (χ4v) is 3.45. The molecule has 1 unspecified atom stereocenters. The van der Waals surface area contributed by atoms with Crippen molar-refractivity contribution in [2.45, 2.75) is 18.9 Å². The average molecular weight is 360 g/mol. The zero-order valence-electron chi connectivity index (χ0n) is 13.8. The summed E-state index contributed by atoms with van der Waals surface area (Å²) >= 11 is 0. The van der Waals surface area contributed by atoms with Crippen LogP contribution in [0.2, 0.25) is 0 Å². The van der Waals surface area contributed by atoms with E-state index in [1.165, 1.54) is 0 Å². The van der Waals surface area contributed by atoms with Gasteiger partial charge in [0.2, 0.25) is 0 Å². The molecule has 1 atom stereocenters. The first-order chi connectivity index (χ1) is 12.5. The van der Waals surface area contributed by atoms with Gasteiger partial charge < -0.3 is 15.0 Å². The van der Waals surface area contributed by atoms with E-state index in [0.29, 0.717) is 12.8 Å². The van der Waals surface area contributed by atoms with Crippen molar-refractivity contribution in [3.05, 3.63) is 64.6 Å². The number of carbonyl (C=O) groups excluding carboxylic acids is 1. The molecule has 26 heavy (non-hydrogen) atoms. The maximum Gasteiger partial charge on any atom is 0.254 e. The number of aromatic nitrogens is 1. The van der Waals surface area contributed by atoms with Crippen LogP contribution >= 0.6 is 0 Å². The van der Waals surface area contributed by atoms with Crippen LogP contribution in [-0.2, 0) is 12.8 Å². The van der Waals surface area contributed by atoms with E-state index in [9.17, 15) is 18.0 Å². The van der Waals surface area contributed by atoms with Crippen LogP contribution in [-0.4, -0.2) is 24.0 Å². The van der Waals surface area contributed by atoms with E-state index in [2.05, 4.69) is 10.3 Å². The van der Waals surface area contributed by atoms with Crippen LogP contribution in [0.15, 0.2) is 30.3 Å². The summed E-state index contributed by atoms with van der Waals surface area (Å²) in [4.78, 5) is 15.6. The molecule has 1 aliphatic rings. The van der Waals surface area contributed by atoms with Crippen molar-refractivity contribution in [1.29, 1.82) is 0 Å². The van der Waals surface area contributed by atoms with Crippen LogP contribution in [0.4, 0.5) is 13.2 Å². The fraction of sp³-hybridized carbons (Fsp3) is 0.211. The Kier molecular flexibility index (Phi) is 3.86. The van der Waals surface area contributed by atoms with Crippen LogP contribution in [0.5, 0.6) is 5.75 Å². The van der Waals surface area contributed by atoms with Gasteiger partial charge in [0.1, 0.15) is 5.75 Å². The van der Waals surface area contributed by atoms with E-state index in [-0.39, 0.29) is 6.04 Å². The lowest BCUT2D eigenvalue weighted by molar-refractivity contribution is 0.0933. The lowest BCUT2D eigenvalue weighted by Gasteiger charge is -2.13. The van der Waals surface area contributed by atoms with Crippen LogP contribution in [0.3, 0.4) is 0 Å². The first-order valence-corrected chi connectivity index (χ1v) is 8.09. The summed E-state index contributed by atoms with van der Waals surface area (Å²) < 4.78 is 45.4. The maximum absolute atomic E-state index is 13.8. The summed E-state index contributed by atoms with van der Waals surface area (Å²) in [5.74, 6) is -4.48. The zero-order valence-corrected chi connectivity index (χ0v) is 13.8. The molecule has 0 fully saturated rings. The van der Waals surface area contributed by atoms with Gasteiger partial charge in [0.25, 0.3) is 5.91 Å². The van der Waals surface area contributed by atoms with Crippen molar-refractivity contribution in [1.82, 2.24) is 10.3 Å². The third-order valence-electron chi connectivity index (χ3n) is 4.72. The van der Waals surface area contributed by atoms with Crippen LogP contribution in [0.1, 0.15) is 21.6 Å². The Morgan fingerprint density at radius 2 is 1.96 bits per heavy atom. The highest BCUT2D eigenvalue weighted by Gasteiger charge is 2.28. The Bertz CT molecular complexity index is 1030. The third kappa shape index (κ3) is 2.60. The summed E-state index contributed by atoms with van der Waals surface area (Å²) in [7, 11) is 1.59. The van der Waals surface area contributed by atoms with Crippen LogP contribution in [0, 0.1) is 17.5 Å². The molecule has 7 heteroatoms. The van der Waals surface area contributed by atoms with Crippen molar-refractivity contribution >= 4 is 16.8 Å². The van der Waals surface area contributed by atoms with Gasteiger partial charge in [-0.3, -0.25) is 4.79 Å². The average Bonchev–Trinajstić information content (AvgIpc) is 3.16. The molecule has 1 heterocycles.